The van der Waals surface area contributed by atoms with Crippen molar-refractivity contribution in [1.82, 2.24) is 20.1 Å². The molecule has 21 heavy (non-hydrogen) atoms. The molecule has 1 fully saturated rings. The fourth-order valence-electron chi connectivity index (χ4n) is 3.01. The molecule has 2 atom stereocenters. The highest BCUT2D eigenvalue weighted by molar-refractivity contribution is 7.99. The van der Waals surface area contributed by atoms with Gasteiger partial charge in [-0.1, -0.05) is 0 Å². The molecule has 2 aromatic rings. The summed E-state index contributed by atoms with van der Waals surface area (Å²) in [5.41, 5.74) is 3.46. The SMILES string of the molecule is CS[C@@H]1CC[C@H](NCc2cn(C)nc2-c2ccncc2)C1. The predicted octanol–water partition coefficient (Wildman–Crippen LogP) is 2.86. The van der Waals surface area contributed by atoms with Gasteiger partial charge in [-0.15, -0.1) is 0 Å². The van der Waals surface area contributed by atoms with E-state index in [0.717, 1.165) is 23.1 Å². The van der Waals surface area contributed by atoms with Crippen molar-refractivity contribution in [2.45, 2.75) is 37.1 Å². The lowest BCUT2D eigenvalue weighted by molar-refractivity contribution is 0.525. The molecule has 1 aliphatic rings. The first-order valence-electron chi connectivity index (χ1n) is 7.45. The highest BCUT2D eigenvalue weighted by Gasteiger charge is 2.23. The van der Waals surface area contributed by atoms with Gasteiger partial charge in [0.1, 0.15) is 0 Å². The van der Waals surface area contributed by atoms with Crippen LogP contribution in [-0.4, -0.2) is 32.3 Å². The maximum atomic E-state index is 4.60. The zero-order valence-electron chi connectivity index (χ0n) is 12.6. The summed E-state index contributed by atoms with van der Waals surface area (Å²) in [4.78, 5) is 4.08. The van der Waals surface area contributed by atoms with Gasteiger partial charge in [0.15, 0.2) is 0 Å². The fraction of sp³-hybridized carbons (Fsp3) is 0.500. The second kappa shape index (κ2) is 6.62. The summed E-state index contributed by atoms with van der Waals surface area (Å²) in [6.07, 6.45) is 11.9. The first-order valence-corrected chi connectivity index (χ1v) is 8.74. The molecule has 0 saturated heterocycles. The second-order valence-electron chi connectivity index (χ2n) is 5.66. The number of nitrogens with one attached hydrogen (secondary N) is 1. The number of hydrogen-bond donors (Lipinski definition) is 1. The number of rotatable bonds is 5. The molecule has 0 aliphatic heterocycles. The first kappa shape index (κ1) is 14.6. The smallest absolute Gasteiger partial charge is 0.0969 e. The Morgan fingerprint density at radius 3 is 2.86 bits per heavy atom. The Kier molecular flexibility index (Phi) is 4.60. The molecule has 1 aliphatic carbocycles. The normalized spacial score (nSPS) is 21.8. The van der Waals surface area contributed by atoms with Crippen molar-refractivity contribution in [3.05, 3.63) is 36.3 Å². The Labute approximate surface area is 130 Å². The third kappa shape index (κ3) is 3.47. The van der Waals surface area contributed by atoms with Crippen LogP contribution >= 0.6 is 11.8 Å². The Morgan fingerprint density at radius 1 is 1.33 bits per heavy atom. The van der Waals surface area contributed by atoms with E-state index in [-0.39, 0.29) is 0 Å². The van der Waals surface area contributed by atoms with Gasteiger partial charge in [-0.2, -0.15) is 16.9 Å². The van der Waals surface area contributed by atoms with E-state index in [1.165, 1.54) is 24.8 Å². The number of pyridine rings is 1. The molecule has 2 aromatic heterocycles. The molecule has 0 radical (unpaired) electrons. The maximum absolute atomic E-state index is 4.60. The largest absolute Gasteiger partial charge is 0.310 e. The molecule has 0 aromatic carbocycles. The van der Waals surface area contributed by atoms with E-state index in [9.17, 15) is 0 Å². The van der Waals surface area contributed by atoms with E-state index < -0.39 is 0 Å². The minimum absolute atomic E-state index is 0.646. The van der Waals surface area contributed by atoms with Gasteiger partial charge in [-0.25, -0.2) is 0 Å². The lowest BCUT2D eigenvalue weighted by Gasteiger charge is -2.12. The summed E-state index contributed by atoms with van der Waals surface area (Å²) in [6, 6.07) is 4.68. The Hall–Kier alpha value is -1.33. The minimum atomic E-state index is 0.646. The van der Waals surface area contributed by atoms with Gasteiger partial charge in [0.25, 0.3) is 0 Å². The predicted molar refractivity (Wildman–Crippen MR) is 88.2 cm³/mol. The highest BCUT2D eigenvalue weighted by Crippen LogP contribution is 2.29. The van der Waals surface area contributed by atoms with Crippen LogP contribution < -0.4 is 5.32 Å². The van der Waals surface area contributed by atoms with E-state index in [1.807, 2.05) is 48.0 Å². The summed E-state index contributed by atoms with van der Waals surface area (Å²) < 4.78 is 1.89. The third-order valence-corrected chi connectivity index (χ3v) is 5.25. The van der Waals surface area contributed by atoms with Crippen molar-refractivity contribution in [3.8, 4) is 11.3 Å². The van der Waals surface area contributed by atoms with E-state index in [2.05, 4.69) is 27.9 Å². The molecule has 112 valence electrons. The Balaban J connectivity index is 1.69. The van der Waals surface area contributed by atoms with Crippen LogP contribution in [0.4, 0.5) is 0 Å². The van der Waals surface area contributed by atoms with Crippen LogP contribution in [0.25, 0.3) is 11.3 Å². The van der Waals surface area contributed by atoms with Gasteiger partial charge in [-0.3, -0.25) is 9.67 Å². The highest BCUT2D eigenvalue weighted by atomic mass is 32.2. The molecule has 0 unspecified atom stereocenters. The molecule has 5 heteroatoms. The monoisotopic (exact) mass is 302 g/mol. The van der Waals surface area contributed by atoms with Crippen LogP contribution in [0.5, 0.6) is 0 Å². The molecule has 4 nitrogen and oxygen atoms in total. The van der Waals surface area contributed by atoms with Gasteiger partial charge >= 0.3 is 0 Å². The number of hydrogen-bond acceptors (Lipinski definition) is 4. The summed E-state index contributed by atoms with van der Waals surface area (Å²) in [6.45, 7) is 0.886. The van der Waals surface area contributed by atoms with Crippen LogP contribution in [0.3, 0.4) is 0 Å². The van der Waals surface area contributed by atoms with Crippen LogP contribution in [0, 0.1) is 0 Å². The minimum Gasteiger partial charge on any atom is -0.310 e. The number of aromatic nitrogens is 3. The Morgan fingerprint density at radius 2 is 2.14 bits per heavy atom. The molecule has 0 bridgehead atoms. The molecule has 2 heterocycles. The molecular weight excluding hydrogens is 280 g/mol. The molecule has 1 N–H and O–H groups in total. The van der Waals surface area contributed by atoms with Crippen LogP contribution in [-0.2, 0) is 13.6 Å². The molecule has 0 amide bonds. The van der Waals surface area contributed by atoms with E-state index in [0.29, 0.717) is 6.04 Å². The van der Waals surface area contributed by atoms with Gasteiger partial charge < -0.3 is 5.32 Å². The quantitative estimate of drug-likeness (QED) is 0.922. The lowest BCUT2D eigenvalue weighted by atomic mass is 10.1. The topological polar surface area (TPSA) is 42.7 Å². The zero-order valence-corrected chi connectivity index (χ0v) is 13.4. The summed E-state index contributed by atoms with van der Waals surface area (Å²) in [7, 11) is 1.98. The molecule has 0 spiro atoms. The summed E-state index contributed by atoms with van der Waals surface area (Å²) in [5, 5.41) is 9.14. The number of aryl methyl sites for hydroxylation is 1. The number of nitrogens with zero attached hydrogens (tertiary/aromatic N) is 3. The fourth-order valence-corrected chi connectivity index (χ4v) is 3.81. The van der Waals surface area contributed by atoms with Crippen molar-refractivity contribution in [2.24, 2.45) is 7.05 Å². The van der Waals surface area contributed by atoms with E-state index in [4.69, 9.17) is 0 Å². The average molecular weight is 302 g/mol. The van der Waals surface area contributed by atoms with E-state index >= 15 is 0 Å². The lowest BCUT2D eigenvalue weighted by Crippen LogP contribution is -2.26. The maximum Gasteiger partial charge on any atom is 0.0969 e. The second-order valence-corrected chi connectivity index (χ2v) is 6.80. The zero-order chi connectivity index (χ0) is 14.7. The van der Waals surface area contributed by atoms with E-state index in [1.54, 1.807) is 0 Å². The van der Waals surface area contributed by atoms with Gasteiger partial charge in [0.05, 0.1) is 5.69 Å². The van der Waals surface area contributed by atoms with Crippen molar-refractivity contribution in [1.29, 1.82) is 0 Å². The standard InChI is InChI=1S/C16H22N4S/c1-20-11-13(10-18-14-3-4-15(9-14)21-2)16(19-20)12-5-7-17-8-6-12/h5-8,11,14-15,18H,3-4,9-10H2,1-2H3/t14-,15+/m0/s1. The third-order valence-electron chi connectivity index (χ3n) is 4.16. The van der Waals surface area contributed by atoms with Crippen molar-refractivity contribution >= 4 is 11.8 Å². The molecular formula is C16H22N4S. The molecule has 1 saturated carbocycles. The van der Waals surface area contributed by atoms with Crippen molar-refractivity contribution in [2.75, 3.05) is 6.26 Å². The number of thioether (sulfide) groups is 1. The van der Waals surface area contributed by atoms with Crippen molar-refractivity contribution in [3.63, 3.8) is 0 Å². The van der Waals surface area contributed by atoms with Crippen LogP contribution in [0.15, 0.2) is 30.7 Å². The summed E-state index contributed by atoms with van der Waals surface area (Å²) in [5.74, 6) is 0. The van der Waals surface area contributed by atoms with Gasteiger partial charge in [-0.05, 0) is 37.7 Å². The first-order chi connectivity index (χ1) is 10.3. The molecule has 3 rings (SSSR count). The van der Waals surface area contributed by atoms with Crippen molar-refractivity contribution < 1.29 is 0 Å². The van der Waals surface area contributed by atoms with Crippen LogP contribution in [0.2, 0.25) is 0 Å². The van der Waals surface area contributed by atoms with Gasteiger partial charge in [0, 0.05) is 54.6 Å². The van der Waals surface area contributed by atoms with Gasteiger partial charge in [0.2, 0.25) is 0 Å². The average Bonchev–Trinajstić information content (AvgIpc) is 3.12. The Bertz CT molecular complexity index is 581. The van der Waals surface area contributed by atoms with Crippen LogP contribution in [0.1, 0.15) is 24.8 Å². The summed E-state index contributed by atoms with van der Waals surface area (Å²) >= 11 is 2.00.